The van der Waals surface area contributed by atoms with Crippen molar-refractivity contribution in [2.24, 2.45) is 0 Å². The maximum absolute atomic E-state index is 12.6. The number of carboxylic acid groups (broad SMARTS) is 1. The molecule has 146 valence electrons. The summed E-state index contributed by atoms with van der Waals surface area (Å²) < 4.78 is 37.7. The van der Waals surface area contributed by atoms with Gasteiger partial charge in [0, 0.05) is 18.1 Å². The predicted molar refractivity (Wildman–Crippen MR) is 94.1 cm³/mol. The van der Waals surface area contributed by atoms with Gasteiger partial charge in [-0.25, -0.2) is 0 Å². The molecule has 1 unspecified atom stereocenters. The first kappa shape index (κ1) is 20.7. The lowest BCUT2D eigenvalue weighted by Gasteiger charge is -2.43. The molecule has 0 heterocycles. The van der Waals surface area contributed by atoms with Crippen LogP contribution in [0, 0.1) is 0 Å². The first-order chi connectivity index (χ1) is 12.2. The molecule has 1 aliphatic rings. The number of hydrogen-bond donors (Lipinski definition) is 2. The summed E-state index contributed by atoms with van der Waals surface area (Å²) in [6.07, 6.45) is -0.847. The molecule has 0 radical (unpaired) electrons. The van der Waals surface area contributed by atoms with E-state index in [1.807, 2.05) is 11.8 Å². The second-order valence-corrected chi connectivity index (χ2v) is 7.08. The largest absolute Gasteiger partial charge is 0.480 e. The van der Waals surface area contributed by atoms with Crippen molar-refractivity contribution in [3.05, 3.63) is 35.4 Å². The fourth-order valence-corrected chi connectivity index (χ4v) is 3.42. The maximum atomic E-state index is 12.6. The highest BCUT2D eigenvalue weighted by Gasteiger charge is 2.34. The monoisotopic (exact) mass is 372 g/mol. The summed E-state index contributed by atoms with van der Waals surface area (Å²) in [7, 11) is 0. The van der Waals surface area contributed by atoms with E-state index in [0.717, 1.165) is 49.9 Å². The minimum absolute atomic E-state index is 0.0807. The Hall–Kier alpha value is -1.60. The van der Waals surface area contributed by atoms with Crippen molar-refractivity contribution in [3.8, 4) is 0 Å². The molecule has 26 heavy (non-hydrogen) atoms. The van der Waals surface area contributed by atoms with Gasteiger partial charge in [-0.1, -0.05) is 19.1 Å². The fraction of sp³-hybridized carbons (Fsp3) is 0.632. The zero-order valence-corrected chi connectivity index (χ0v) is 15.2. The van der Waals surface area contributed by atoms with E-state index in [-0.39, 0.29) is 12.6 Å². The van der Waals surface area contributed by atoms with Gasteiger partial charge in [0.05, 0.1) is 12.1 Å². The Morgan fingerprint density at radius 3 is 2.42 bits per heavy atom. The van der Waals surface area contributed by atoms with Crippen molar-refractivity contribution in [2.45, 2.75) is 63.8 Å². The van der Waals surface area contributed by atoms with Crippen LogP contribution < -0.4 is 5.32 Å². The number of hydrogen-bond acceptors (Lipinski definition) is 3. The first-order valence-electron chi connectivity index (χ1n) is 9.07. The van der Waals surface area contributed by atoms with E-state index in [2.05, 4.69) is 12.2 Å². The van der Waals surface area contributed by atoms with Gasteiger partial charge >= 0.3 is 12.1 Å². The highest BCUT2D eigenvalue weighted by molar-refractivity contribution is 5.69. The van der Waals surface area contributed by atoms with Crippen molar-refractivity contribution < 1.29 is 23.1 Å². The van der Waals surface area contributed by atoms with Crippen LogP contribution in [0.3, 0.4) is 0 Å². The van der Waals surface area contributed by atoms with E-state index in [4.69, 9.17) is 5.11 Å². The van der Waals surface area contributed by atoms with Gasteiger partial charge in [0.2, 0.25) is 0 Å². The zero-order chi connectivity index (χ0) is 19.3. The molecule has 0 aliphatic heterocycles. The zero-order valence-electron chi connectivity index (χ0n) is 15.2. The topological polar surface area (TPSA) is 52.6 Å². The summed E-state index contributed by atoms with van der Waals surface area (Å²) in [5, 5.41) is 12.4. The second-order valence-electron chi connectivity index (χ2n) is 7.08. The second kappa shape index (κ2) is 8.86. The molecule has 1 saturated carbocycles. The van der Waals surface area contributed by atoms with Crippen LogP contribution in [0.5, 0.6) is 0 Å². The Kier molecular flexibility index (Phi) is 7.06. The Balaban J connectivity index is 1.70. The summed E-state index contributed by atoms with van der Waals surface area (Å²) in [6, 6.07) is 6.30. The third-order valence-corrected chi connectivity index (χ3v) is 5.04. The van der Waals surface area contributed by atoms with Crippen molar-refractivity contribution in [1.82, 2.24) is 10.2 Å². The van der Waals surface area contributed by atoms with Gasteiger partial charge in [0.1, 0.15) is 0 Å². The number of nitrogens with one attached hydrogen (secondary N) is 1. The maximum Gasteiger partial charge on any atom is 0.416 e. The van der Waals surface area contributed by atoms with Crippen LogP contribution in [-0.2, 0) is 17.4 Å². The minimum Gasteiger partial charge on any atom is -0.480 e. The summed E-state index contributed by atoms with van der Waals surface area (Å²) in [5.74, 6) is -0.798. The molecule has 0 amide bonds. The number of aryl methyl sites for hydroxylation is 1. The number of nitrogens with zero attached hydrogens (tertiary/aromatic N) is 1. The van der Waals surface area contributed by atoms with Crippen LogP contribution in [0.2, 0.25) is 0 Å². The van der Waals surface area contributed by atoms with Gasteiger partial charge in [-0.15, -0.1) is 0 Å². The van der Waals surface area contributed by atoms with E-state index in [0.29, 0.717) is 12.1 Å². The summed E-state index contributed by atoms with van der Waals surface area (Å²) in [4.78, 5) is 12.8. The molecule has 7 heteroatoms. The SMILES string of the molecule is CCN(CC(=O)O)C1CC(NC(C)CCc2ccc(C(F)(F)F)cc2)C1. The molecule has 0 saturated heterocycles. The Labute approximate surface area is 152 Å². The van der Waals surface area contributed by atoms with E-state index in [9.17, 15) is 18.0 Å². The quantitative estimate of drug-likeness (QED) is 0.696. The van der Waals surface area contributed by atoms with Crippen molar-refractivity contribution in [2.75, 3.05) is 13.1 Å². The van der Waals surface area contributed by atoms with Crippen molar-refractivity contribution in [1.29, 1.82) is 0 Å². The number of benzene rings is 1. The van der Waals surface area contributed by atoms with Crippen molar-refractivity contribution in [3.63, 3.8) is 0 Å². The smallest absolute Gasteiger partial charge is 0.416 e. The number of alkyl halides is 3. The average Bonchev–Trinajstić information content (AvgIpc) is 2.53. The Morgan fingerprint density at radius 1 is 1.31 bits per heavy atom. The van der Waals surface area contributed by atoms with Gasteiger partial charge < -0.3 is 10.4 Å². The number of aliphatic carboxylic acids is 1. The molecule has 0 aromatic heterocycles. The summed E-state index contributed by atoms with van der Waals surface area (Å²) in [5.41, 5.74) is 0.284. The molecule has 1 aliphatic carbocycles. The van der Waals surface area contributed by atoms with E-state index in [1.165, 1.54) is 0 Å². The molecular weight excluding hydrogens is 345 g/mol. The summed E-state index contributed by atoms with van der Waals surface area (Å²) >= 11 is 0. The van der Waals surface area contributed by atoms with Crippen LogP contribution >= 0.6 is 0 Å². The molecule has 1 aromatic carbocycles. The number of likely N-dealkylation sites (N-methyl/N-ethyl adjacent to an activating group) is 1. The number of carbonyl (C=O) groups is 1. The number of halogens is 3. The highest BCUT2D eigenvalue weighted by atomic mass is 19.4. The molecule has 1 atom stereocenters. The third kappa shape index (κ3) is 5.99. The average molecular weight is 372 g/mol. The first-order valence-corrected chi connectivity index (χ1v) is 9.07. The molecular formula is C19H27F3N2O2. The molecule has 0 bridgehead atoms. The minimum atomic E-state index is -4.29. The third-order valence-electron chi connectivity index (χ3n) is 5.04. The van der Waals surface area contributed by atoms with Gasteiger partial charge in [-0.3, -0.25) is 9.69 Å². The van der Waals surface area contributed by atoms with E-state index >= 15 is 0 Å². The van der Waals surface area contributed by atoms with Crippen molar-refractivity contribution >= 4 is 5.97 Å². The Morgan fingerprint density at radius 2 is 1.92 bits per heavy atom. The highest BCUT2D eigenvalue weighted by Crippen LogP contribution is 2.29. The van der Waals surface area contributed by atoms with Gasteiger partial charge in [-0.05, 0) is 56.8 Å². The molecule has 1 aromatic rings. The number of rotatable bonds is 9. The van der Waals surface area contributed by atoms with E-state index in [1.54, 1.807) is 12.1 Å². The normalized spacial score (nSPS) is 21.5. The van der Waals surface area contributed by atoms with Crippen LogP contribution in [0.25, 0.3) is 0 Å². The van der Waals surface area contributed by atoms with Gasteiger partial charge in [-0.2, -0.15) is 13.2 Å². The molecule has 2 rings (SSSR count). The van der Waals surface area contributed by atoms with Crippen LogP contribution in [0.15, 0.2) is 24.3 Å². The lowest BCUT2D eigenvalue weighted by atomic mass is 9.84. The lowest BCUT2D eigenvalue weighted by molar-refractivity contribution is -0.139. The van der Waals surface area contributed by atoms with Crippen LogP contribution in [0.1, 0.15) is 44.2 Å². The predicted octanol–water partition coefficient (Wildman–Crippen LogP) is 3.55. The molecule has 0 spiro atoms. The van der Waals surface area contributed by atoms with Crippen LogP contribution in [-0.4, -0.2) is 47.2 Å². The number of carboxylic acids is 1. The Bertz CT molecular complexity index is 583. The molecule has 4 nitrogen and oxygen atoms in total. The van der Waals surface area contributed by atoms with Gasteiger partial charge in [0.25, 0.3) is 0 Å². The molecule has 2 N–H and O–H groups in total. The lowest BCUT2D eigenvalue weighted by Crippen LogP contribution is -2.55. The summed E-state index contributed by atoms with van der Waals surface area (Å²) in [6.45, 7) is 4.85. The van der Waals surface area contributed by atoms with Gasteiger partial charge in [0.15, 0.2) is 0 Å². The van der Waals surface area contributed by atoms with E-state index < -0.39 is 17.7 Å². The molecule has 1 fully saturated rings. The fourth-order valence-electron chi connectivity index (χ4n) is 3.42. The van der Waals surface area contributed by atoms with Crippen LogP contribution in [0.4, 0.5) is 13.2 Å². The standard InChI is InChI=1S/C19H27F3N2O2/c1-3-24(12-18(25)26)17-10-16(11-17)23-13(2)4-5-14-6-8-15(9-7-14)19(20,21)22/h6-9,13,16-17,23H,3-5,10-12H2,1-2H3,(H,25,26).